The van der Waals surface area contributed by atoms with E-state index < -0.39 is 26.6 Å². The van der Waals surface area contributed by atoms with Crippen molar-refractivity contribution in [1.82, 2.24) is 9.71 Å². The first-order chi connectivity index (χ1) is 9.83. The lowest BCUT2D eigenvalue weighted by molar-refractivity contribution is 0.451. The molecule has 0 saturated carbocycles. The first kappa shape index (κ1) is 16.1. The molecule has 0 atom stereocenters. The van der Waals surface area contributed by atoms with Gasteiger partial charge in [-0.05, 0) is 22.0 Å². The Bertz CT molecular complexity index is 739. The van der Waals surface area contributed by atoms with Crippen molar-refractivity contribution in [2.24, 2.45) is 0 Å². The highest BCUT2D eigenvalue weighted by Gasteiger charge is 2.24. The van der Waals surface area contributed by atoms with Gasteiger partial charge in [0.05, 0.1) is 12.7 Å². The number of nitrogens with zero attached hydrogens (tertiary/aromatic N) is 1. The van der Waals surface area contributed by atoms with E-state index in [9.17, 15) is 17.2 Å². The van der Waals surface area contributed by atoms with Crippen LogP contribution in [0.25, 0.3) is 0 Å². The standard InChI is InChI=1S/C12H11BrF2N2O3S/c1-2-8-5-16-11(20-8)6-17-21(18,19)12-9(13)3-7(14)4-10(12)15/h3-5,17H,2,6H2,1H3. The fourth-order valence-electron chi connectivity index (χ4n) is 1.61. The van der Waals surface area contributed by atoms with Crippen LogP contribution in [-0.2, 0) is 23.0 Å². The molecule has 0 radical (unpaired) electrons. The third-order valence-corrected chi connectivity index (χ3v) is 4.96. The predicted octanol–water partition coefficient (Wildman–Crippen LogP) is 2.76. The van der Waals surface area contributed by atoms with Crippen LogP contribution in [0.3, 0.4) is 0 Å². The largest absolute Gasteiger partial charge is 0.444 e. The lowest BCUT2D eigenvalue weighted by atomic mass is 10.3. The van der Waals surface area contributed by atoms with Crippen LogP contribution in [0, 0.1) is 11.6 Å². The molecule has 114 valence electrons. The van der Waals surface area contributed by atoms with Crippen LogP contribution >= 0.6 is 15.9 Å². The van der Waals surface area contributed by atoms with Crippen molar-refractivity contribution >= 4 is 26.0 Å². The second kappa shape index (κ2) is 6.20. The van der Waals surface area contributed by atoms with Crippen LogP contribution in [-0.4, -0.2) is 13.4 Å². The van der Waals surface area contributed by atoms with Gasteiger partial charge in [-0.1, -0.05) is 6.92 Å². The molecule has 1 aromatic heterocycles. The first-order valence-corrected chi connectivity index (χ1v) is 8.19. The van der Waals surface area contributed by atoms with Gasteiger partial charge in [-0.3, -0.25) is 0 Å². The second-order valence-corrected chi connectivity index (χ2v) is 6.66. The van der Waals surface area contributed by atoms with Crippen molar-refractivity contribution in [3.8, 4) is 0 Å². The fraction of sp³-hybridized carbons (Fsp3) is 0.250. The number of aromatic nitrogens is 1. The maximum absolute atomic E-state index is 13.7. The summed E-state index contributed by atoms with van der Waals surface area (Å²) in [5, 5.41) is 0. The number of rotatable bonds is 5. The zero-order chi connectivity index (χ0) is 15.6. The molecule has 1 aromatic carbocycles. The van der Waals surface area contributed by atoms with Crippen molar-refractivity contribution < 1.29 is 21.6 Å². The molecule has 2 aromatic rings. The van der Waals surface area contributed by atoms with E-state index in [1.54, 1.807) is 0 Å². The van der Waals surface area contributed by atoms with E-state index in [-0.39, 0.29) is 16.9 Å². The summed E-state index contributed by atoms with van der Waals surface area (Å²) in [4.78, 5) is 3.22. The van der Waals surface area contributed by atoms with Gasteiger partial charge in [0.25, 0.3) is 0 Å². The monoisotopic (exact) mass is 380 g/mol. The molecule has 0 amide bonds. The maximum atomic E-state index is 13.7. The predicted molar refractivity (Wildman–Crippen MR) is 74.0 cm³/mol. The van der Waals surface area contributed by atoms with Gasteiger partial charge in [0.1, 0.15) is 22.3 Å². The van der Waals surface area contributed by atoms with Crippen molar-refractivity contribution in [3.05, 3.63) is 46.1 Å². The molecule has 0 saturated heterocycles. The normalized spacial score (nSPS) is 11.8. The molecule has 0 aliphatic rings. The lowest BCUT2D eigenvalue weighted by Crippen LogP contribution is -2.25. The minimum atomic E-state index is -4.17. The van der Waals surface area contributed by atoms with Gasteiger partial charge in [0, 0.05) is 17.0 Å². The molecule has 2 rings (SSSR count). The van der Waals surface area contributed by atoms with Crippen LogP contribution in [0.2, 0.25) is 0 Å². The Morgan fingerprint density at radius 1 is 1.38 bits per heavy atom. The zero-order valence-electron chi connectivity index (χ0n) is 10.9. The SMILES string of the molecule is CCc1cnc(CNS(=O)(=O)c2c(F)cc(F)cc2Br)o1. The van der Waals surface area contributed by atoms with Gasteiger partial charge in [-0.2, -0.15) is 0 Å². The van der Waals surface area contributed by atoms with Crippen molar-refractivity contribution in [2.75, 3.05) is 0 Å². The Morgan fingerprint density at radius 3 is 2.67 bits per heavy atom. The van der Waals surface area contributed by atoms with Crippen LogP contribution < -0.4 is 4.72 Å². The molecule has 21 heavy (non-hydrogen) atoms. The number of halogens is 3. The molecule has 1 heterocycles. The Hall–Kier alpha value is -1.32. The Kier molecular flexibility index (Phi) is 4.74. The van der Waals surface area contributed by atoms with Crippen molar-refractivity contribution in [3.63, 3.8) is 0 Å². The van der Waals surface area contributed by atoms with E-state index in [1.807, 2.05) is 6.92 Å². The fourth-order valence-corrected chi connectivity index (χ4v) is 3.74. The van der Waals surface area contributed by atoms with Crippen LogP contribution in [0.4, 0.5) is 8.78 Å². The molecule has 1 N–H and O–H groups in total. The van der Waals surface area contributed by atoms with Crippen molar-refractivity contribution in [1.29, 1.82) is 0 Å². The molecular formula is C12H11BrF2N2O3S. The summed E-state index contributed by atoms with van der Waals surface area (Å²) in [6.45, 7) is 1.63. The summed E-state index contributed by atoms with van der Waals surface area (Å²) in [6, 6.07) is 1.37. The highest BCUT2D eigenvalue weighted by molar-refractivity contribution is 9.10. The van der Waals surface area contributed by atoms with E-state index in [2.05, 4.69) is 25.6 Å². The number of oxazole rings is 1. The number of aryl methyl sites for hydroxylation is 1. The first-order valence-electron chi connectivity index (χ1n) is 5.91. The molecule has 0 aliphatic carbocycles. The Balaban J connectivity index is 2.23. The molecular weight excluding hydrogens is 370 g/mol. The highest BCUT2D eigenvalue weighted by Crippen LogP contribution is 2.26. The smallest absolute Gasteiger partial charge is 0.245 e. The van der Waals surface area contributed by atoms with Crippen LogP contribution in [0.5, 0.6) is 0 Å². The van der Waals surface area contributed by atoms with Crippen LogP contribution in [0.15, 0.2) is 32.1 Å². The van der Waals surface area contributed by atoms with Gasteiger partial charge < -0.3 is 4.42 Å². The van der Waals surface area contributed by atoms with E-state index in [4.69, 9.17) is 4.42 Å². The summed E-state index contributed by atoms with van der Waals surface area (Å²) in [7, 11) is -4.17. The minimum Gasteiger partial charge on any atom is -0.444 e. The zero-order valence-corrected chi connectivity index (χ0v) is 13.3. The highest BCUT2D eigenvalue weighted by atomic mass is 79.9. The van der Waals surface area contributed by atoms with Gasteiger partial charge in [0.2, 0.25) is 15.9 Å². The average molecular weight is 381 g/mol. The Morgan fingerprint density at radius 2 is 2.10 bits per heavy atom. The topological polar surface area (TPSA) is 72.2 Å². The third-order valence-electron chi connectivity index (χ3n) is 2.60. The van der Waals surface area contributed by atoms with Gasteiger partial charge in [0.15, 0.2) is 0 Å². The van der Waals surface area contributed by atoms with Gasteiger partial charge in [-0.25, -0.2) is 26.9 Å². The molecule has 0 unspecified atom stereocenters. The van der Waals surface area contributed by atoms with Crippen LogP contribution in [0.1, 0.15) is 18.6 Å². The number of sulfonamides is 1. The number of hydrogen-bond donors (Lipinski definition) is 1. The molecule has 0 bridgehead atoms. The van der Waals surface area contributed by atoms with Gasteiger partial charge in [-0.15, -0.1) is 0 Å². The molecule has 0 spiro atoms. The lowest BCUT2D eigenvalue weighted by Gasteiger charge is -2.08. The summed E-state index contributed by atoms with van der Waals surface area (Å²) >= 11 is 2.84. The van der Waals surface area contributed by atoms with E-state index in [0.717, 1.165) is 6.07 Å². The Labute approximate surface area is 128 Å². The van der Waals surface area contributed by atoms with E-state index >= 15 is 0 Å². The number of benzene rings is 1. The van der Waals surface area contributed by atoms with Gasteiger partial charge >= 0.3 is 0 Å². The van der Waals surface area contributed by atoms with Crippen molar-refractivity contribution in [2.45, 2.75) is 24.8 Å². The van der Waals surface area contributed by atoms with E-state index in [0.29, 0.717) is 18.2 Å². The average Bonchev–Trinajstić information content (AvgIpc) is 2.82. The third kappa shape index (κ3) is 3.66. The van der Waals surface area contributed by atoms with E-state index in [1.165, 1.54) is 6.20 Å². The molecule has 0 aliphatic heterocycles. The summed E-state index contributed by atoms with van der Waals surface area (Å²) in [5.41, 5.74) is 0. The minimum absolute atomic E-state index is 0.161. The summed E-state index contributed by atoms with van der Waals surface area (Å²) < 4.78 is 58.0. The number of hydrogen-bond acceptors (Lipinski definition) is 4. The molecule has 0 fully saturated rings. The summed E-state index contributed by atoms with van der Waals surface area (Å²) in [6.07, 6.45) is 2.11. The summed E-state index contributed by atoms with van der Waals surface area (Å²) in [5.74, 6) is -1.29. The maximum Gasteiger partial charge on any atom is 0.245 e. The molecule has 9 heteroatoms. The quantitative estimate of drug-likeness (QED) is 0.865. The second-order valence-electron chi connectivity index (χ2n) is 4.10. The number of nitrogens with one attached hydrogen (secondary N) is 1. The molecule has 5 nitrogen and oxygen atoms in total.